The molecule has 0 spiro atoms. The van der Waals surface area contributed by atoms with Crippen molar-refractivity contribution < 1.29 is 0 Å². The first-order valence-electron chi connectivity index (χ1n) is 7.59. The van der Waals surface area contributed by atoms with Crippen LogP contribution in [0.4, 0.5) is 11.4 Å². The number of nitrogens with one attached hydrogen (secondary N) is 1. The maximum absolute atomic E-state index is 6.12. The summed E-state index contributed by atoms with van der Waals surface area (Å²) in [4.78, 5) is 0. The molecular formula is C20H18N2. The van der Waals surface area contributed by atoms with Gasteiger partial charge in [-0.2, -0.15) is 0 Å². The number of hydrogen-bond donors (Lipinski definition) is 2. The van der Waals surface area contributed by atoms with Gasteiger partial charge in [0.05, 0.1) is 0 Å². The first kappa shape index (κ1) is 13.0. The van der Waals surface area contributed by atoms with Crippen LogP contribution in [0.15, 0.2) is 66.7 Å². The van der Waals surface area contributed by atoms with Gasteiger partial charge in [0, 0.05) is 28.5 Å². The minimum atomic E-state index is 0.287. The van der Waals surface area contributed by atoms with Crippen LogP contribution in [0.3, 0.4) is 0 Å². The molecule has 0 aromatic heterocycles. The van der Waals surface area contributed by atoms with Crippen molar-refractivity contribution in [1.29, 1.82) is 0 Å². The molecule has 0 amide bonds. The Morgan fingerprint density at radius 2 is 1.55 bits per heavy atom. The lowest BCUT2D eigenvalue weighted by molar-refractivity contribution is 0.877. The molecule has 0 aliphatic carbocycles. The van der Waals surface area contributed by atoms with E-state index in [1.165, 1.54) is 27.9 Å². The van der Waals surface area contributed by atoms with Gasteiger partial charge in [-0.1, -0.05) is 48.5 Å². The topological polar surface area (TPSA) is 38.0 Å². The van der Waals surface area contributed by atoms with Crippen molar-refractivity contribution in [1.82, 2.24) is 0 Å². The molecule has 1 unspecified atom stereocenters. The second-order valence-corrected chi connectivity index (χ2v) is 5.80. The van der Waals surface area contributed by atoms with E-state index in [9.17, 15) is 0 Å². The second-order valence-electron chi connectivity index (χ2n) is 5.80. The summed E-state index contributed by atoms with van der Waals surface area (Å²) in [5, 5.41) is 3.58. The minimum absolute atomic E-state index is 0.287. The lowest BCUT2D eigenvalue weighted by Crippen LogP contribution is -2.13. The van der Waals surface area contributed by atoms with Crippen LogP contribution in [-0.2, 0) is 0 Å². The molecule has 0 bridgehead atoms. The Morgan fingerprint density at radius 1 is 0.818 bits per heavy atom. The number of hydrogen-bond acceptors (Lipinski definition) is 2. The molecule has 0 saturated carbocycles. The zero-order valence-electron chi connectivity index (χ0n) is 12.5. The van der Waals surface area contributed by atoms with Gasteiger partial charge < -0.3 is 11.1 Å². The van der Waals surface area contributed by atoms with E-state index in [-0.39, 0.29) is 6.04 Å². The maximum Gasteiger partial charge on any atom is 0.0492 e. The highest BCUT2D eigenvalue weighted by Gasteiger charge is 2.21. The molecule has 3 N–H and O–H groups in total. The molecule has 108 valence electrons. The smallest absolute Gasteiger partial charge is 0.0492 e. The van der Waals surface area contributed by atoms with E-state index in [1.807, 2.05) is 18.2 Å². The lowest BCUT2D eigenvalue weighted by Gasteiger charge is -2.28. The SMILES string of the molecule is CC1Nc2ccccc2-c2ccc(-c3ccccc3N)cc21. The van der Waals surface area contributed by atoms with E-state index in [1.54, 1.807) is 0 Å². The Labute approximate surface area is 130 Å². The molecule has 22 heavy (non-hydrogen) atoms. The summed E-state index contributed by atoms with van der Waals surface area (Å²) in [6.07, 6.45) is 0. The van der Waals surface area contributed by atoms with Crippen LogP contribution < -0.4 is 11.1 Å². The van der Waals surface area contributed by atoms with Gasteiger partial charge in [-0.25, -0.2) is 0 Å². The quantitative estimate of drug-likeness (QED) is 0.611. The fraction of sp³-hybridized carbons (Fsp3) is 0.100. The van der Waals surface area contributed by atoms with Crippen molar-refractivity contribution in [2.24, 2.45) is 0 Å². The summed E-state index contributed by atoms with van der Waals surface area (Å²) in [5.74, 6) is 0. The Hall–Kier alpha value is -2.74. The Balaban J connectivity index is 1.90. The van der Waals surface area contributed by atoms with Gasteiger partial charge in [0.15, 0.2) is 0 Å². The van der Waals surface area contributed by atoms with Gasteiger partial charge in [0.1, 0.15) is 0 Å². The van der Waals surface area contributed by atoms with Crippen molar-refractivity contribution >= 4 is 11.4 Å². The molecule has 1 atom stereocenters. The molecule has 1 aliphatic heterocycles. The Bertz CT molecular complexity index is 852. The maximum atomic E-state index is 6.12. The van der Waals surface area contributed by atoms with E-state index >= 15 is 0 Å². The molecule has 0 fully saturated rings. The van der Waals surface area contributed by atoms with Crippen LogP contribution in [0.5, 0.6) is 0 Å². The summed E-state index contributed by atoms with van der Waals surface area (Å²) in [5.41, 5.74) is 14.3. The van der Waals surface area contributed by atoms with Crippen LogP contribution in [0.2, 0.25) is 0 Å². The number of fused-ring (bicyclic) bond motifs is 3. The molecule has 2 heteroatoms. The summed E-state index contributed by atoms with van der Waals surface area (Å²) in [6, 6.07) is 23.4. The summed E-state index contributed by atoms with van der Waals surface area (Å²) >= 11 is 0. The molecule has 0 radical (unpaired) electrons. The third kappa shape index (κ3) is 1.96. The highest BCUT2D eigenvalue weighted by atomic mass is 14.9. The predicted molar refractivity (Wildman–Crippen MR) is 93.8 cm³/mol. The Morgan fingerprint density at radius 3 is 2.36 bits per heavy atom. The van der Waals surface area contributed by atoms with Crippen molar-refractivity contribution in [3.63, 3.8) is 0 Å². The van der Waals surface area contributed by atoms with Crippen LogP contribution >= 0.6 is 0 Å². The summed E-state index contributed by atoms with van der Waals surface area (Å²) < 4.78 is 0. The first-order chi connectivity index (χ1) is 10.7. The average molecular weight is 286 g/mol. The van der Waals surface area contributed by atoms with Gasteiger partial charge in [-0.05, 0) is 41.8 Å². The second kappa shape index (κ2) is 4.92. The van der Waals surface area contributed by atoms with Gasteiger partial charge in [0.25, 0.3) is 0 Å². The summed E-state index contributed by atoms with van der Waals surface area (Å²) in [7, 11) is 0. The predicted octanol–water partition coefficient (Wildman–Crippen LogP) is 5.09. The molecule has 0 saturated heterocycles. The number of anilines is 2. The number of para-hydroxylation sites is 2. The van der Waals surface area contributed by atoms with E-state index in [0.29, 0.717) is 0 Å². The number of rotatable bonds is 1. The average Bonchev–Trinajstić information content (AvgIpc) is 2.55. The van der Waals surface area contributed by atoms with Crippen LogP contribution in [0.25, 0.3) is 22.3 Å². The zero-order chi connectivity index (χ0) is 15.1. The van der Waals surface area contributed by atoms with Gasteiger partial charge >= 0.3 is 0 Å². The van der Waals surface area contributed by atoms with Crippen molar-refractivity contribution in [2.75, 3.05) is 11.1 Å². The van der Waals surface area contributed by atoms with Gasteiger partial charge in [-0.3, -0.25) is 0 Å². The lowest BCUT2D eigenvalue weighted by atomic mass is 9.88. The minimum Gasteiger partial charge on any atom is -0.398 e. The van der Waals surface area contributed by atoms with Crippen molar-refractivity contribution in [3.05, 3.63) is 72.3 Å². The fourth-order valence-electron chi connectivity index (χ4n) is 3.25. The van der Waals surface area contributed by atoms with Crippen molar-refractivity contribution in [3.8, 4) is 22.3 Å². The first-order valence-corrected chi connectivity index (χ1v) is 7.59. The molecular weight excluding hydrogens is 268 g/mol. The Kier molecular flexibility index (Phi) is 2.90. The normalized spacial score (nSPS) is 15.6. The molecule has 2 nitrogen and oxygen atoms in total. The van der Waals surface area contributed by atoms with Gasteiger partial charge in [0.2, 0.25) is 0 Å². The zero-order valence-corrected chi connectivity index (χ0v) is 12.5. The van der Waals surface area contributed by atoms with E-state index in [0.717, 1.165) is 11.3 Å². The third-order valence-corrected chi connectivity index (χ3v) is 4.38. The summed E-state index contributed by atoms with van der Waals surface area (Å²) in [6.45, 7) is 2.20. The highest BCUT2D eigenvalue weighted by Crippen LogP contribution is 2.42. The van der Waals surface area contributed by atoms with Gasteiger partial charge in [-0.15, -0.1) is 0 Å². The van der Waals surface area contributed by atoms with Crippen molar-refractivity contribution in [2.45, 2.75) is 13.0 Å². The monoisotopic (exact) mass is 286 g/mol. The van der Waals surface area contributed by atoms with E-state index in [4.69, 9.17) is 5.73 Å². The standard InChI is InChI=1S/C20H18N2/c1-13-18-12-14(15-6-2-4-8-19(15)21)10-11-16(18)17-7-3-5-9-20(17)22-13/h2-13,22H,21H2,1H3. The van der Waals surface area contributed by atoms with E-state index < -0.39 is 0 Å². The molecule has 3 aromatic rings. The number of nitrogen functional groups attached to an aromatic ring is 1. The molecule has 1 heterocycles. The molecule has 1 aliphatic rings. The largest absolute Gasteiger partial charge is 0.398 e. The fourth-order valence-corrected chi connectivity index (χ4v) is 3.25. The highest BCUT2D eigenvalue weighted by molar-refractivity contribution is 5.86. The van der Waals surface area contributed by atoms with Crippen LogP contribution in [-0.4, -0.2) is 0 Å². The molecule has 3 aromatic carbocycles. The number of nitrogens with two attached hydrogens (primary N) is 1. The van der Waals surface area contributed by atoms with Crippen LogP contribution in [0, 0.1) is 0 Å². The van der Waals surface area contributed by atoms with E-state index in [2.05, 4.69) is 60.8 Å². The third-order valence-electron chi connectivity index (χ3n) is 4.38. The number of benzene rings is 3. The molecule has 4 rings (SSSR count). The van der Waals surface area contributed by atoms with Crippen LogP contribution in [0.1, 0.15) is 18.5 Å².